The highest BCUT2D eigenvalue weighted by atomic mass is 79.9. The SMILES string of the molecule is C/C=C(/Br)c1c(C)cccc1-c1ccc2c(c1)c(Cl)cc1c3ccc(-c4cccc(C)c4/C(Br)=C\C)c(Cl)c3ccc21. The van der Waals surface area contributed by atoms with E-state index in [1.165, 1.54) is 22.3 Å². The first-order valence-corrected chi connectivity index (χ1v) is 16.2. The van der Waals surface area contributed by atoms with E-state index < -0.39 is 0 Å². The van der Waals surface area contributed by atoms with Gasteiger partial charge in [-0.05, 0) is 100 Å². The monoisotopic (exact) mass is 712 g/mol. The lowest BCUT2D eigenvalue weighted by Crippen LogP contribution is -1.92. The first-order valence-electron chi connectivity index (χ1n) is 13.9. The number of fused-ring (bicyclic) bond motifs is 5. The van der Waals surface area contributed by atoms with Crippen LogP contribution in [0.4, 0.5) is 0 Å². The third-order valence-corrected chi connectivity index (χ3v) is 10.6. The summed E-state index contributed by atoms with van der Waals surface area (Å²) in [5, 5.41) is 7.98. The molecule has 6 aromatic carbocycles. The van der Waals surface area contributed by atoms with Gasteiger partial charge in [0.15, 0.2) is 0 Å². The molecule has 42 heavy (non-hydrogen) atoms. The molecule has 0 unspecified atom stereocenters. The van der Waals surface area contributed by atoms with Crippen LogP contribution in [0.25, 0.3) is 63.5 Å². The Labute approximate surface area is 273 Å². The first-order chi connectivity index (χ1) is 20.2. The van der Waals surface area contributed by atoms with E-state index in [0.717, 1.165) is 73.6 Å². The lowest BCUT2D eigenvalue weighted by atomic mass is 9.90. The van der Waals surface area contributed by atoms with Gasteiger partial charge in [-0.3, -0.25) is 0 Å². The predicted octanol–water partition coefficient (Wildman–Crippen LogP) is 13.9. The zero-order valence-corrected chi connectivity index (χ0v) is 28.4. The van der Waals surface area contributed by atoms with Gasteiger partial charge in [-0.2, -0.15) is 0 Å². The number of hydrogen-bond donors (Lipinski definition) is 0. The van der Waals surface area contributed by atoms with Crippen LogP contribution in [0.3, 0.4) is 0 Å². The topological polar surface area (TPSA) is 0 Å². The summed E-state index contributed by atoms with van der Waals surface area (Å²) in [7, 11) is 0. The fourth-order valence-electron chi connectivity index (χ4n) is 6.06. The largest absolute Gasteiger partial charge is 0.0836 e. The lowest BCUT2D eigenvalue weighted by Gasteiger charge is -2.17. The fourth-order valence-corrected chi connectivity index (χ4v) is 7.71. The number of benzene rings is 6. The number of hydrogen-bond acceptors (Lipinski definition) is 0. The van der Waals surface area contributed by atoms with Gasteiger partial charge in [-0.1, -0.05) is 140 Å². The molecule has 6 aromatic rings. The smallest absolute Gasteiger partial charge is 0.0563 e. The third-order valence-electron chi connectivity index (χ3n) is 8.15. The molecule has 0 spiro atoms. The van der Waals surface area contributed by atoms with E-state index in [2.05, 4.69) is 143 Å². The average Bonchev–Trinajstić information content (AvgIpc) is 3.00. The lowest BCUT2D eigenvalue weighted by molar-refractivity contribution is 1.43. The second-order valence-electron chi connectivity index (χ2n) is 10.6. The standard InChI is InChI=1S/C38H28Br2Cl2/c1-5-33(39)36-21(3)9-7-11-24(36)23-13-14-26-25-15-17-29-27(31(25)20-35(41)32(26)19-23)16-18-30(38(29)42)28-12-8-10-22(4)37(28)34(40)6-2/h5-20H,1-4H3/b33-5+,34-6+. The quantitative estimate of drug-likeness (QED) is 0.159. The minimum atomic E-state index is 0.726. The van der Waals surface area contributed by atoms with Crippen molar-refractivity contribution >= 4 is 96.3 Å². The van der Waals surface area contributed by atoms with Crippen molar-refractivity contribution in [2.45, 2.75) is 27.7 Å². The van der Waals surface area contributed by atoms with Gasteiger partial charge in [0.05, 0.1) is 5.02 Å². The minimum Gasteiger partial charge on any atom is -0.0836 e. The predicted molar refractivity (Wildman–Crippen MR) is 194 cm³/mol. The van der Waals surface area contributed by atoms with Crippen molar-refractivity contribution in [1.29, 1.82) is 0 Å². The van der Waals surface area contributed by atoms with Crippen LogP contribution in [-0.4, -0.2) is 0 Å². The number of halogens is 4. The van der Waals surface area contributed by atoms with Crippen LogP contribution in [0, 0.1) is 13.8 Å². The molecule has 0 N–H and O–H groups in total. The molecule has 0 aliphatic heterocycles. The highest BCUT2D eigenvalue weighted by Gasteiger charge is 2.18. The van der Waals surface area contributed by atoms with E-state index in [9.17, 15) is 0 Å². The van der Waals surface area contributed by atoms with E-state index in [-0.39, 0.29) is 0 Å². The summed E-state index contributed by atoms with van der Waals surface area (Å²) in [6.45, 7) is 8.35. The van der Waals surface area contributed by atoms with Crippen LogP contribution in [0.15, 0.2) is 97.1 Å². The maximum Gasteiger partial charge on any atom is 0.0563 e. The Morgan fingerprint density at radius 3 is 1.74 bits per heavy atom. The third kappa shape index (κ3) is 4.83. The minimum absolute atomic E-state index is 0.726. The molecule has 6 rings (SSSR count). The fraction of sp³-hybridized carbons (Fsp3) is 0.105. The Morgan fingerprint density at radius 2 is 1.07 bits per heavy atom. The van der Waals surface area contributed by atoms with Gasteiger partial charge in [0.2, 0.25) is 0 Å². The molecule has 0 amide bonds. The van der Waals surface area contributed by atoms with Crippen LogP contribution in [-0.2, 0) is 0 Å². The normalized spacial score (nSPS) is 12.6. The second-order valence-corrected chi connectivity index (χ2v) is 13.1. The van der Waals surface area contributed by atoms with E-state index in [0.29, 0.717) is 0 Å². The molecular formula is C38H28Br2Cl2. The Hall–Kier alpha value is -2.88. The molecule has 0 atom stereocenters. The summed E-state index contributed by atoms with van der Waals surface area (Å²) in [6.07, 6.45) is 4.17. The summed E-state index contributed by atoms with van der Waals surface area (Å²) in [4.78, 5) is 0. The van der Waals surface area contributed by atoms with Crippen LogP contribution < -0.4 is 0 Å². The van der Waals surface area contributed by atoms with Crippen molar-refractivity contribution in [1.82, 2.24) is 0 Å². The molecule has 0 aliphatic carbocycles. The summed E-state index contributed by atoms with van der Waals surface area (Å²) < 4.78 is 2.14. The average molecular weight is 715 g/mol. The molecule has 0 radical (unpaired) electrons. The van der Waals surface area contributed by atoms with E-state index in [1.807, 2.05) is 13.8 Å². The van der Waals surface area contributed by atoms with Crippen molar-refractivity contribution < 1.29 is 0 Å². The number of aryl methyl sites for hydroxylation is 2. The molecule has 0 bridgehead atoms. The molecule has 0 aliphatic rings. The van der Waals surface area contributed by atoms with Crippen LogP contribution in [0.1, 0.15) is 36.1 Å². The zero-order valence-electron chi connectivity index (χ0n) is 23.7. The Balaban J connectivity index is 1.56. The molecule has 208 valence electrons. The summed E-state index contributed by atoms with van der Waals surface area (Å²) in [5.74, 6) is 0. The molecule has 0 saturated heterocycles. The van der Waals surface area contributed by atoms with Crippen molar-refractivity contribution in [3.05, 3.63) is 129 Å². The number of allylic oxidation sites excluding steroid dienone is 2. The van der Waals surface area contributed by atoms with Gasteiger partial charge in [0, 0.05) is 30.3 Å². The maximum atomic E-state index is 7.18. The van der Waals surface area contributed by atoms with Gasteiger partial charge in [0.25, 0.3) is 0 Å². The van der Waals surface area contributed by atoms with Crippen molar-refractivity contribution in [2.75, 3.05) is 0 Å². The van der Waals surface area contributed by atoms with E-state index in [1.54, 1.807) is 0 Å². The van der Waals surface area contributed by atoms with Crippen LogP contribution in [0.5, 0.6) is 0 Å². The highest BCUT2D eigenvalue weighted by Crippen LogP contribution is 2.44. The summed E-state index contributed by atoms with van der Waals surface area (Å²) >= 11 is 21.8. The number of rotatable bonds is 4. The Kier molecular flexibility index (Phi) is 8.11. The molecule has 0 nitrogen and oxygen atoms in total. The molecule has 4 heteroatoms. The second kappa shape index (κ2) is 11.7. The first kappa shape index (κ1) is 29.2. The maximum absolute atomic E-state index is 7.18. The Morgan fingerprint density at radius 1 is 0.548 bits per heavy atom. The van der Waals surface area contributed by atoms with Crippen LogP contribution in [0.2, 0.25) is 10.0 Å². The molecule has 0 saturated carbocycles. The zero-order chi connectivity index (χ0) is 29.7. The molecule has 0 fully saturated rings. The van der Waals surface area contributed by atoms with E-state index >= 15 is 0 Å². The van der Waals surface area contributed by atoms with Gasteiger partial charge < -0.3 is 0 Å². The van der Waals surface area contributed by atoms with Gasteiger partial charge >= 0.3 is 0 Å². The summed E-state index contributed by atoms with van der Waals surface area (Å²) in [6, 6.07) is 30.1. The molecule has 0 aromatic heterocycles. The molecule has 0 heterocycles. The van der Waals surface area contributed by atoms with Crippen molar-refractivity contribution in [2.24, 2.45) is 0 Å². The highest BCUT2D eigenvalue weighted by molar-refractivity contribution is 9.15. The van der Waals surface area contributed by atoms with Gasteiger partial charge in [-0.25, -0.2) is 0 Å². The van der Waals surface area contributed by atoms with Gasteiger partial charge in [-0.15, -0.1) is 0 Å². The molecular weight excluding hydrogens is 687 g/mol. The van der Waals surface area contributed by atoms with Crippen molar-refractivity contribution in [3.63, 3.8) is 0 Å². The Bertz CT molecular complexity index is 2120. The van der Waals surface area contributed by atoms with Crippen molar-refractivity contribution in [3.8, 4) is 22.3 Å². The van der Waals surface area contributed by atoms with E-state index in [4.69, 9.17) is 23.2 Å². The summed E-state index contributed by atoms with van der Waals surface area (Å²) in [5.41, 5.74) is 9.21. The van der Waals surface area contributed by atoms with Gasteiger partial charge in [0.1, 0.15) is 0 Å². The van der Waals surface area contributed by atoms with Crippen LogP contribution >= 0.6 is 55.1 Å².